The number of allylic oxidation sites excluding steroid dienone is 1. The van der Waals surface area contributed by atoms with E-state index in [-0.39, 0.29) is 23.1 Å². The molecule has 0 saturated carbocycles. The van der Waals surface area contributed by atoms with E-state index in [0.717, 1.165) is 16.7 Å². The first kappa shape index (κ1) is 16.2. The predicted octanol–water partition coefficient (Wildman–Crippen LogP) is 1.91. The van der Waals surface area contributed by atoms with Crippen molar-refractivity contribution in [1.29, 1.82) is 5.26 Å². The van der Waals surface area contributed by atoms with Crippen LogP contribution < -0.4 is 10.6 Å². The van der Waals surface area contributed by atoms with Crippen molar-refractivity contribution in [3.8, 4) is 11.8 Å². The van der Waals surface area contributed by atoms with E-state index in [1.54, 1.807) is 51.1 Å². The molecular formula is C16H18N6O. The molecule has 0 saturated heterocycles. The Balaban J connectivity index is 2.54. The van der Waals surface area contributed by atoms with Gasteiger partial charge in [0, 0.05) is 14.1 Å². The number of hydrogen-bond acceptors (Lipinski definition) is 7. The number of nitrogen functional groups attached to an aromatic ring is 1. The Morgan fingerprint density at radius 1 is 1.22 bits per heavy atom. The van der Waals surface area contributed by atoms with Gasteiger partial charge in [-0.05, 0) is 48.7 Å². The number of hydrogen-bond donors (Lipinski definition) is 2. The van der Waals surface area contributed by atoms with Crippen LogP contribution in [0, 0.1) is 25.2 Å². The molecule has 0 atom stereocenters. The van der Waals surface area contributed by atoms with Gasteiger partial charge in [-0.2, -0.15) is 20.2 Å². The Bertz CT molecular complexity index is 797. The number of anilines is 2. The third-order valence-electron chi connectivity index (χ3n) is 3.23. The van der Waals surface area contributed by atoms with Gasteiger partial charge in [0.1, 0.15) is 11.8 Å². The fourth-order valence-corrected chi connectivity index (χ4v) is 2.09. The Labute approximate surface area is 134 Å². The molecule has 3 N–H and O–H groups in total. The number of phenols is 1. The highest BCUT2D eigenvalue weighted by Gasteiger charge is 2.11. The minimum absolute atomic E-state index is 0.0536. The van der Waals surface area contributed by atoms with E-state index in [4.69, 9.17) is 5.73 Å². The number of aromatic hydroxyl groups is 1. The average Bonchev–Trinajstić information content (AvgIpc) is 2.49. The Morgan fingerprint density at radius 2 is 1.83 bits per heavy atom. The summed E-state index contributed by atoms with van der Waals surface area (Å²) in [5, 5.41) is 19.3. The van der Waals surface area contributed by atoms with Gasteiger partial charge in [0.25, 0.3) is 0 Å². The average molecular weight is 310 g/mol. The van der Waals surface area contributed by atoms with Crippen molar-refractivity contribution >= 4 is 23.5 Å². The van der Waals surface area contributed by atoms with Gasteiger partial charge in [-0.15, -0.1) is 0 Å². The largest absolute Gasteiger partial charge is 0.507 e. The maximum absolute atomic E-state index is 9.83. The van der Waals surface area contributed by atoms with Crippen molar-refractivity contribution < 1.29 is 5.11 Å². The third-order valence-corrected chi connectivity index (χ3v) is 3.23. The molecule has 7 nitrogen and oxygen atoms in total. The summed E-state index contributed by atoms with van der Waals surface area (Å²) in [5.41, 5.74) is 8.21. The fraction of sp³-hybridized carbons (Fsp3) is 0.250. The van der Waals surface area contributed by atoms with Gasteiger partial charge in [-0.25, -0.2) is 0 Å². The number of benzene rings is 1. The maximum atomic E-state index is 9.83. The number of phenolic OH excluding ortho intramolecular Hbond substituents is 1. The first-order chi connectivity index (χ1) is 10.8. The summed E-state index contributed by atoms with van der Waals surface area (Å²) in [4.78, 5) is 14.0. The lowest BCUT2D eigenvalue weighted by Crippen LogP contribution is -2.15. The molecule has 2 rings (SSSR count). The van der Waals surface area contributed by atoms with Crippen molar-refractivity contribution in [3.63, 3.8) is 0 Å². The highest BCUT2D eigenvalue weighted by atomic mass is 16.3. The van der Waals surface area contributed by atoms with Crippen molar-refractivity contribution in [3.05, 3.63) is 34.6 Å². The Hall–Kier alpha value is -3.14. The molecule has 0 spiro atoms. The van der Waals surface area contributed by atoms with Crippen LogP contribution in [0.3, 0.4) is 0 Å². The molecule has 23 heavy (non-hydrogen) atoms. The van der Waals surface area contributed by atoms with Gasteiger partial charge in [-0.3, -0.25) is 0 Å². The van der Waals surface area contributed by atoms with Crippen LogP contribution in [0.15, 0.2) is 12.1 Å². The lowest BCUT2D eigenvalue weighted by molar-refractivity contribution is 0.467. The summed E-state index contributed by atoms with van der Waals surface area (Å²) in [6.07, 6.45) is 1.66. The van der Waals surface area contributed by atoms with Crippen LogP contribution in [0.25, 0.3) is 11.6 Å². The molecular weight excluding hydrogens is 292 g/mol. The van der Waals surface area contributed by atoms with E-state index >= 15 is 0 Å². The van der Waals surface area contributed by atoms with Gasteiger partial charge < -0.3 is 15.7 Å². The first-order valence-electron chi connectivity index (χ1n) is 6.93. The topological polar surface area (TPSA) is 112 Å². The Kier molecular flexibility index (Phi) is 4.46. The zero-order valence-electron chi connectivity index (χ0n) is 13.5. The molecule has 0 aliphatic carbocycles. The molecule has 2 aromatic rings. The standard InChI is InChI=1S/C16H18N6O/c1-9-5-11(6-10(2)13(9)23)7-12(8-17)14-19-15(18)21-16(20-14)22(3)4/h5-7,23H,1-4H3,(H2,18,19,20,21)/b12-7-. The van der Waals surface area contributed by atoms with Gasteiger partial charge in [0.2, 0.25) is 11.9 Å². The van der Waals surface area contributed by atoms with Crippen LogP contribution in [-0.4, -0.2) is 34.2 Å². The molecule has 0 amide bonds. The lowest BCUT2D eigenvalue weighted by atomic mass is 10.0. The van der Waals surface area contributed by atoms with Crippen LogP contribution in [0.4, 0.5) is 11.9 Å². The number of nitriles is 1. The normalized spacial score (nSPS) is 11.2. The summed E-state index contributed by atoms with van der Waals surface area (Å²) < 4.78 is 0. The second-order valence-electron chi connectivity index (χ2n) is 5.38. The van der Waals surface area contributed by atoms with Gasteiger partial charge in [0.05, 0.1) is 5.57 Å². The smallest absolute Gasteiger partial charge is 0.230 e. The fourth-order valence-electron chi connectivity index (χ4n) is 2.09. The summed E-state index contributed by atoms with van der Waals surface area (Å²) in [6, 6.07) is 5.66. The van der Waals surface area contributed by atoms with E-state index in [9.17, 15) is 10.4 Å². The van der Waals surface area contributed by atoms with E-state index in [0.29, 0.717) is 5.95 Å². The van der Waals surface area contributed by atoms with Crippen molar-refractivity contribution in [2.24, 2.45) is 0 Å². The number of rotatable bonds is 3. The van der Waals surface area contributed by atoms with Crippen LogP contribution in [0.1, 0.15) is 22.5 Å². The molecule has 0 aliphatic heterocycles. The van der Waals surface area contributed by atoms with Crippen LogP contribution in [0.5, 0.6) is 5.75 Å². The molecule has 0 unspecified atom stereocenters. The highest BCUT2D eigenvalue weighted by Crippen LogP contribution is 2.25. The zero-order valence-corrected chi connectivity index (χ0v) is 13.5. The molecule has 1 heterocycles. The van der Waals surface area contributed by atoms with Gasteiger partial charge in [-0.1, -0.05) is 0 Å². The summed E-state index contributed by atoms with van der Waals surface area (Å²) in [6.45, 7) is 3.60. The molecule has 118 valence electrons. The second kappa shape index (κ2) is 6.32. The van der Waals surface area contributed by atoms with Gasteiger partial charge in [0.15, 0.2) is 5.82 Å². The molecule has 1 aromatic carbocycles. The summed E-state index contributed by atoms with van der Waals surface area (Å²) in [5.74, 6) is 0.900. The van der Waals surface area contributed by atoms with E-state index in [1.807, 2.05) is 0 Å². The summed E-state index contributed by atoms with van der Waals surface area (Å²) in [7, 11) is 3.56. The van der Waals surface area contributed by atoms with Crippen LogP contribution >= 0.6 is 0 Å². The minimum Gasteiger partial charge on any atom is -0.507 e. The lowest BCUT2D eigenvalue weighted by Gasteiger charge is -2.11. The molecule has 0 bridgehead atoms. The highest BCUT2D eigenvalue weighted by molar-refractivity contribution is 5.87. The molecule has 7 heteroatoms. The monoisotopic (exact) mass is 310 g/mol. The summed E-state index contributed by atoms with van der Waals surface area (Å²) >= 11 is 0. The van der Waals surface area contributed by atoms with E-state index in [2.05, 4.69) is 21.0 Å². The number of nitrogens with two attached hydrogens (primary N) is 1. The maximum Gasteiger partial charge on any atom is 0.230 e. The minimum atomic E-state index is 0.0536. The zero-order chi connectivity index (χ0) is 17.1. The number of aryl methyl sites for hydroxylation is 2. The van der Waals surface area contributed by atoms with Crippen LogP contribution in [-0.2, 0) is 0 Å². The van der Waals surface area contributed by atoms with Crippen molar-refractivity contribution in [2.75, 3.05) is 24.7 Å². The molecule has 0 radical (unpaired) electrons. The second-order valence-corrected chi connectivity index (χ2v) is 5.38. The van der Waals surface area contributed by atoms with Gasteiger partial charge >= 0.3 is 0 Å². The molecule has 1 aromatic heterocycles. The number of nitrogens with zero attached hydrogens (tertiary/aromatic N) is 5. The predicted molar refractivity (Wildman–Crippen MR) is 89.6 cm³/mol. The number of aromatic nitrogens is 3. The molecule has 0 aliphatic rings. The van der Waals surface area contributed by atoms with E-state index < -0.39 is 0 Å². The third kappa shape index (κ3) is 3.55. The quantitative estimate of drug-likeness (QED) is 0.833. The van der Waals surface area contributed by atoms with Crippen LogP contribution in [0.2, 0.25) is 0 Å². The van der Waals surface area contributed by atoms with E-state index in [1.165, 1.54) is 0 Å². The van der Waals surface area contributed by atoms with Crippen molar-refractivity contribution in [1.82, 2.24) is 15.0 Å². The first-order valence-corrected chi connectivity index (χ1v) is 6.93. The molecule has 0 fully saturated rings. The Morgan fingerprint density at radius 3 is 2.35 bits per heavy atom. The SMILES string of the molecule is Cc1cc(/C=C(/C#N)c2nc(N)nc(N(C)C)n2)cc(C)c1O. The van der Waals surface area contributed by atoms with Crippen molar-refractivity contribution in [2.45, 2.75) is 13.8 Å².